The molecule has 0 radical (unpaired) electrons. The van der Waals surface area contributed by atoms with Crippen LogP contribution in [0, 0.1) is 23.2 Å². The van der Waals surface area contributed by atoms with Crippen molar-refractivity contribution in [2.45, 2.75) is 32.3 Å². The molecule has 3 atom stereocenters. The van der Waals surface area contributed by atoms with Crippen molar-refractivity contribution in [1.82, 2.24) is 5.32 Å². The third-order valence-corrected chi connectivity index (χ3v) is 2.70. The summed E-state index contributed by atoms with van der Waals surface area (Å²) in [7, 11) is 0. The summed E-state index contributed by atoms with van der Waals surface area (Å²) >= 11 is 0. The van der Waals surface area contributed by atoms with Gasteiger partial charge < -0.3 is 10.4 Å². The molecule has 0 aromatic carbocycles. The molecular formula is C10H18N2O. The van der Waals surface area contributed by atoms with Crippen molar-refractivity contribution in [3.8, 4) is 6.07 Å². The van der Waals surface area contributed by atoms with Crippen LogP contribution in [-0.2, 0) is 0 Å². The predicted molar refractivity (Wildman–Crippen MR) is 51.0 cm³/mol. The molecule has 13 heavy (non-hydrogen) atoms. The molecule has 0 saturated heterocycles. The van der Waals surface area contributed by atoms with E-state index < -0.39 is 0 Å². The lowest BCUT2D eigenvalue weighted by Crippen LogP contribution is -2.30. The van der Waals surface area contributed by atoms with E-state index in [2.05, 4.69) is 11.4 Å². The molecule has 1 aliphatic carbocycles. The highest BCUT2D eigenvalue weighted by molar-refractivity contribution is 4.82. The van der Waals surface area contributed by atoms with Crippen molar-refractivity contribution in [3.05, 3.63) is 0 Å². The Hall–Kier alpha value is -0.590. The van der Waals surface area contributed by atoms with Gasteiger partial charge in [0.15, 0.2) is 0 Å². The van der Waals surface area contributed by atoms with E-state index in [1.807, 2.05) is 6.92 Å². The monoisotopic (exact) mass is 182 g/mol. The fourth-order valence-corrected chi connectivity index (χ4v) is 1.79. The van der Waals surface area contributed by atoms with Crippen molar-refractivity contribution in [1.29, 1.82) is 5.26 Å². The van der Waals surface area contributed by atoms with Crippen LogP contribution in [0.25, 0.3) is 0 Å². The minimum atomic E-state index is -0.120. The van der Waals surface area contributed by atoms with Gasteiger partial charge in [0.2, 0.25) is 0 Å². The first kappa shape index (κ1) is 10.5. The Morgan fingerprint density at radius 2 is 2.38 bits per heavy atom. The molecule has 1 fully saturated rings. The first-order valence-corrected chi connectivity index (χ1v) is 5.02. The van der Waals surface area contributed by atoms with Crippen LogP contribution in [0.2, 0.25) is 0 Å². The van der Waals surface area contributed by atoms with E-state index in [0.717, 1.165) is 32.4 Å². The van der Waals surface area contributed by atoms with Crippen LogP contribution in [0.5, 0.6) is 0 Å². The molecule has 0 amide bonds. The standard InChI is InChI=1S/C10H18N2O/c1-8(5-11)6-12-7-9-3-2-4-10(9)13/h8-10,12-13H,2-4,6-7H2,1H3. The zero-order valence-corrected chi connectivity index (χ0v) is 8.16. The quantitative estimate of drug-likeness (QED) is 0.679. The second-order valence-electron chi connectivity index (χ2n) is 3.95. The van der Waals surface area contributed by atoms with Crippen molar-refractivity contribution < 1.29 is 5.11 Å². The maximum Gasteiger partial charge on any atom is 0.0666 e. The van der Waals surface area contributed by atoms with Gasteiger partial charge in [0, 0.05) is 13.1 Å². The van der Waals surface area contributed by atoms with Crippen LogP contribution in [-0.4, -0.2) is 24.3 Å². The van der Waals surface area contributed by atoms with Gasteiger partial charge in [0.25, 0.3) is 0 Å². The molecule has 0 aliphatic heterocycles. The lowest BCUT2D eigenvalue weighted by Gasteiger charge is -2.15. The lowest BCUT2D eigenvalue weighted by atomic mass is 10.1. The van der Waals surface area contributed by atoms with E-state index in [0.29, 0.717) is 5.92 Å². The van der Waals surface area contributed by atoms with Gasteiger partial charge in [-0.1, -0.05) is 6.42 Å². The Labute approximate surface area is 79.8 Å². The number of nitriles is 1. The van der Waals surface area contributed by atoms with E-state index in [1.54, 1.807) is 0 Å². The topological polar surface area (TPSA) is 56.0 Å². The largest absolute Gasteiger partial charge is 0.393 e. The molecule has 0 heterocycles. The van der Waals surface area contributed by atoms with E-state index in [9.17, 15) is 5.11 Å². The van der Waals surface area contributed by atoms with Crippen LogP contribution in [0.1, 0.15) is 26.2 Å². The number of nitrogens with zero attached hydrogens (tertiary/aromatic N) is 1. The minimum absolute atomic E-state index is 0.0681. The van der Waals surface area contributed by atoms with Gasteiger partial charge in [-0.15, -0.1) is 0 Å². The highest BCUT2D eigenvalue weighted by Crippen LogP contribution is 2.24. The van der Waals surface area contributed by atoms with Crippen molar-refractivity contribution in [2.75, 3.05) is 13.1 Å². The molecule has 3 heteroatoms. The maximum atomic E-state index is 9.51. The number of nitrogens with one attached hydrogen (secondary N) is 1. The van der Waals surface area contributed by atoms with Crippen molar-refractivity contribution in [3.63, 3.8) is 0 Å². The summed E-state index contributed by atoms with van der Waals surface area (Å²) in [6.45, 7) is 3.49. The second-order valence-corrected chi connectivity index (χ2v) is 3.95. The Morgan fingerprint density at radius 1 is 1.62 bits per heavy atom. The second kappa shape index (κ2) is 5.21. The molecule has 1 saturated carbocycles. The van der Waals surface area contributed by atoms with Crippen LogP contribution in [0.4, 0.5) is 0 Å². The van der Waals surface area contributed by atoms with Crippen LogP contribution < -0.4 is 5.32 Å². The number of aliphatic hydroxyl groups is 1. The molecule has 1 rings (SSSR count). The SMILES string of the molecule is CC(C#N)CNCC1CCCC1O. The molecule has 3 nitrogen and oxygen atoms in total. The first-order chi connectivity index (χ1) is 6.24. The number of aliphatic hydroxyl groups excluding tert-OH is 1. The van der Waals surface area contributed by atoms with Crippen molar-refractivity contribution >= 4 is 0 Å². The number of rotatable bonds is 4. The highest BCUT2D eigenvalue weighted by Gasteiger charge is 2.24. The zero-order chi connectivity index (χ0) is 9.68. The van der Waals surface area contributed by atoms with Gasteiger partial charge >= 0.3 is 0 Å². The smallest absolute Gasteiger partial charge is 0.0666 e. The first-order valence-electron chi connectivity index (χ1n) is 5.02. The molecule has 74 valence electrons. The van der Waals surface area contributed by atoms with Crippen LogP contribution in [0.15, 0.2) is 0 Å². The number of hydrogen-bond acceptors (Lipinski definition) is 3. The Kier molecular flexibility index (Phi) is 4.20. The maximum absolute atomic E-state index is 9.51. The number of hydrogen-bond donors (Lipinski definition) is 2. The molecule has 3 unspecified atom stereocenters. The van der Waals surface area contributed by atoms with Crippen molar-refractivity contribution in [2.24, 2.45) is 11.8 Å². The summed E-state index contributed by atoms with van der Waals surface area (Å²) < 4.78 is 0. The predicted octanol–water partition coefficient (Wildman–Crippen LogP) is 0.897. The summed E-state index contributed by atoms with van der Waals surface area (Å²) in [4.78, 5) is 0. The molecule has 0 bridgehead atoms. The fourth-order valence-electron chi connectivity index (χ4n) is 1.79. The van der Waals surface area contributed by atoms with Gasteiger partial charge in [-0.3, -0.25) is 0 Å². The summed E-state index contributed by atoms with van der Waals surface area (Å²) in [6.07, 6.45) is 3.08. The van der Waals surface area contributed by atoms with Gasteiger partial charge in [-0.25, -0.2) is 0 Å². The van der Waals surface area contributed by atoms with Gasteiger partial charge in [-0.05, 0) is 25.7 Å². The van der Waals surface area contributed by atoms with E-state index in [4.69, 9.17) is 5.26 Å². The van der Waals surface area contributed by atoms with E-state index >= 15 is 0 Å². The Bertz CT molecular complexity index is 188. The van der Waals surface area contributed by atoms with E-state index in [-0.39, 0.29) is 12.0 Å². The molecule has 0 spiro atoms. The van der Waals surface area contributed by atoms with E-state index in [1.165, 1.54) is 0 Å². The Morgan fingerprint density at radius 3 is 2.92 bits per heavy atom. The molecule has 2 N–H and O–H groups in total. The molecule has 0 aromatic rings. The highest BCUT2D eigenvalue weighted by atomic mass is 16.3. The average Bonchev–Trinajstić information content (AvgIpc) is 2.52. The summed E-state index contributed by atoms with van der Waals surface area (Å²) in [5.74, 6) is 0.476. The minimum Gasteiger partial charge on any atom is -0.393 e. The van der Waals surface area contributed by atoms with Gasteiger partial charge in [0.05, 0.1) is 18.1 Å². The molecule has 0 aromatic heterocycles. The normalized spacial score (nSPS) is 29.9. The Balaban J connectivity index is 2.09. The van der Waals surface area contributed by atoms with Gasteiger partial charge in [-0.2, -0.15) is 5.26 Å². The van der Waals surface area contributed by atoms with Gasteiger partial charge in [0.1, 0.15) is 0 Å². The average molecular weight is 182 g/mol. The van der Waals surface area contributed by atoms with Crippen LogP contribution >= 0.6 is 0 Å². The summed E-state index contributed by atoms with van der Waals surface area (Å²) in [5, 5.41) is 21.3. The lowest BCUT2D eigenvalue weighted by molar-refractivity contribution is 0.131. The third-order valence-electron chi connectivity index (χ3n) is 2.70. The van der Waals surface area contributed by atoms with Crippen LogP contribution in [0.3, 0.4) is 0 Å². The molecular weight excluding hydrogens is 164 g/mol. The zero-order valence-electron chi connectivity index (χ0n) is 8.16. The molecule has 1 aliphatic rings. The summed E-state index contributed by atoms with van der Waals surface area (Å²) in [6, 6.07) is 2.18. The fraction of sp³-hybridized carbons (Fsp3) is 0.900. The summed E-state index contributed by atoms with van der Waals surface area (Å²) in [5.41, 5.74) is 0. The third kappa shape index (κ3) is 3.33.